The van der Waals surface area contributed by atoms with Crippen LogP contribution in [0.2, 0.25) is 0 Å². The van der Waals surface area contributed by atoms with E-state index in [9.17, 15) is 14.0 Å². The molecule has 1 amide bonds. The van der Waals surface area contributed by atoms with Crippen molar-refractivity contribution in [1.29, 1.82) is 0 Å². The van der Waals surface area contributed by atoms with Gasteiger partial charge in [0.05, 0.1) is 33.0 Å². The molecule has 1 fully saturated rings. The van der Waals surface area contributed by atoms with E-state index < -0.39 is 11.7 Å². The molecule has 5 rings (SSSR count). The third-order valence-electron chi connectivity index (χ3n) is 6.95. The van der Waals surface area contributed by atoms with Crippen LogP contribution in [0.25, 0.3) is 10.9 Å². The van der Waals surface area contributed by atoms with Crippen molar-refractivity contribution in [3.8, 4) is 11.5 Å². The number of benzene rings is 3. The Morgan fingerprint density at radius 1 is 1.17 bits per heavy atom. The summed E-state index contributed by atoms with van der Waals surface area (Å²) in [5, 5.41) is 7.63. The average Bonchev–Trinajstić information content (AvgIpc) is 2.98. The SMILES string of the molecule is CCOc1cc(C=Nn2c(C3CCCCC3)nc3ccc(Br)cc3c2=O)cc(I)c1OCC(=O)Nc1ccccc1F. The Morgan fingerprint density at radius 3 is 2.71 bits per heavy atom. The van der Waals surface area contributed by atoms with Crippen LogP contribution < -0.4 is 20.3 Å². The number of aromatic nitrogens is 2. The van der Waals surface area contributed by atoms with Gasteiger partial charge in [-0.2, -0.15) is 9.78 Å². The fraction of sp³-hybridized carbons (Fsp3) is 0.290. The van der Waals surface area contributed by atoms with E-state index in [2.05, 4.69) is 48.9 Å². The highest BCUT2D eigenvalue weighted by atomic mass is 127. The summed E-state index contributed by atoms with van der Waals surface area (Å²) in [6.07, 6.45) is 6.91. The number of amides is 1. The minimum Gasteiger partial charge on any atom is -0.490 e. The van der Waals surface area contributed by atoms with Crippen LogP contribution in [-0.2, 0) is 4.79 Å². The molecule has 11 heteroatoms. The molecule has 3 aromatic carbocycles. The van der Waals surface area contributed by atoms with Crippen molar-refractivity contribution in [3.63, 3.8) is 0 Å². The topological polar surface area (TPSA) is 94.8 Å². The Labute approximate surface area is 264 Å². The van der Waals surface area contributed by atoms with E-state index in [1.165, 1.54) is 23.2 Å². The number of rotatable bonds is 9. The van der Waals surface area contributed by atoms with Gasteiger partial charge in [-0.25, -0.2) is 9.37 Å². The van der Waals surface area contributed by atoms with E-state index in [-0.39, 0.29) is 23.8 Å². The number of carbonyl (C=O) groups is 1. The minimum atomic E-state index is -0.529. The van der Waals surface area contributed by atoms with Crippen LogP contribution in [0.3, 0.4) is 0 Å². The molecule has 1 saturated carbocycles. The third-order valence-corrected chi connectivity index (χ3v) is 8.25. The zero-order valence-corrected chi connectivity index (χ0v) is 26.7. The van der Waals surface area contributed by atoms with Crippen LogP contribution in [0.5, 0.6) is 11.5 Å². The number of ether oxygens (including phenoxy) is 2. The number of anilines is 1. The molecule has 1 aromatic heterocycles. The summed E-state index contributed by atoms with van der Waals surface area (Å²) in [4.78, 5) is 31.0. The third kappa shape index (κ3) is 7.00. The summed E-state index contributed by atoms with van der Waals surface area (Å²) in [7, 11) is 0. The molecule has 0 atom stereocenters. The van der Waals surface area contributed by atoms with Crippen molar-refractivity contribution in [1.82, 2.24) is 9.66 Å². The molecule has 0 saturated heterocycles. The maximum Gasteiger partial charge on any atom is 0.282 e. The van der Waals surface area contributed by atoms with Crippen LogP contribution in [-0.4, -0.2) is 35.0 Å². The smallest absolute Gasteiger partial charge is 0.282 e. The number of hydrogen-bond acceptors (Lipinski definition) is 6. The maximum atomic E-state index is 13.9. The number of para-hydroxylation sites is 1. The molecule has 1 heterocycles. The van der Waals surface area contributed by atoms with Gasteiger partial charge < -0.3 is 14.8 Å². The van der Waals surface area contributed by atoms with E-state index in [1.807, 2.05) is 25.1 Å². The van der Waals surface area contributed by atoms with Crippen molar-refractivity contribution in [2.75, 3.05) is 18.5 Å². The minimum absolute atomic E-state index is 0.0794. The van der Waals surface area contributed by atoms with E-state index in [0.29, 0.717) is 44.0 Å². The quantitative estimate of drug-likeness (QED) is 0.144. The summed E-state index contributed by atoms with van der Waals surface area (Å²) < 4.78 is 28.4. The van der Waals surface area contributed by atoms with Gasteiger partial charge in [-0.05, 0) is 90.4 Å². The molecule has 0 aliphatic heterocycles. The molecule has 0 spiro atoms. The summed E-state index contributed by atoms with van der Waals surface area (Å²) in [6, 6.07) is 15.0. The molecule has 1 N–H and O–H groups in total. The van der Waals surface area contributed by atoms with Crippen LogP contribution >= 0.6 is 38.5 Å². The van der Waals surface area contributed by atoms with Gasteiger partial charge in [0.15, 0.2) is 18.1 Å². The second kappa shape index (κ2) is 13.8. The first-order valence-corrected chi connectivity index (χ1v) is 15.6. The van der Waals surface area contributed by atoms with Gasteiger partial charge in [0.2, 0.25) is 0 Å². The van der Waals surface area contributed by atoms with Crippen LogP contribution in [0, 0.1) is 9.39 Å². The highest BCUT2D eigenvalue weighted by Gasteiger charge is 2.23. The van der Waals surface area contributed by atoms with E-state index in [1.54, 1.807) is 30.5 Å². The lowest BCUT2D eigenvalue weighted by molar-refractivity contribution is -0.118. The Kier molecular flexibility index (Phi) is 9.88. The van der Waals surface area contributed by atoms with Crippen molar-refractivity contribution < 1.29 is 18.7 Å². The van der Waals surface area contributed by atoms with Gasteiger partial charge in [-0.15, -0.1) is 0 Å². The second-order valence-corrected chi connectivity index (χ2v) is 12.0. The number of nitrogens with zero attached hydrogens (tertiary/aromatic N) is 3. The molecule has 0 unspecified atom stereocenters. The first-order valence-electron chi connectivity index (χ1n) is 13.7. The van der Waals surface area contributed by atoms with Gasteiger partial charge in [-0.3, -0.25) is 9.59 Å². The molecule has 8 nitrogen and oxygen atoms in total. The number of hydrogen-bond donors (Lipinski definition) is 1. The molecule has 1 aliphatic carbocycles. The fourth-order valence-electron chi connectivity index (χ4n) is 4.98. The van der Waals surface area contributed by atoms with E-state index in [4.69, 9.17) is 14.5 Å². The van der Waals surface area contributed by atoms with Gasteiger partial charge in [-0.1, -0.05) is 47.3 Å². The standard InChI is InChI=1S/C31H29BrFIN4O4/c1-2-41-27-15-19(14-24(34)29(27)42-18-28(39)36-26-11-7-6-10-23(26)33)17-35-38-30(20-8-4-3-5-9-20)37-25-13-12-21(32)16-22(25)31(38)40/h6-7,10-17,20H,2-5,8-9,18H2,1H3,(H,36,39). The van der Waals surface area contributed by atoms with Gasteiger partial charge in [0.1, 0.15) is 11.6 Å². The number of halogens is 3. The fourth-order valence-corrected chi connectivity index (χ4v) is 6.12. The van der Waals surface area contributed by atoms with Gasteiger partial charge >= 0.3 is 0 Å². The summed E-state index contributed by atoms with van der Waals surface area (Å²) in [6.45, 7) is 1.87. The zero-order valence-electron chi connectivity index (χ0n) is 22.9. The average molecular weight is 747 g/mol. The Hall–Kier alpha value is -3.32. The van der Waals surface area contributed by atoms with Crippen molar-refractivity contribution in [3.05, 3.63) is 90.2 Å². The Bertz CT molecular complexity index is 1700. The van der Waals surface area contributed by atoms with Crippen molar-refractivity contribution >= 4 is 67.2 Å². The highest BCUT2D eigenvalue weighted by molar-refractivity contribution is 14.1. The summed E-state index contributed by atoms with van der Waals surface area (Å²) in [5.41, 5.74) is 1.19. The predicted octanol–water partition coefficient (Wildman–Crippen LogP) is 7.25. The van der Waals surface area contributed by atoms with Crippen LogP contribution in [0.1, 0.15) is 56.3 Å². The normalized spacial score (nSPS) is 13.9. The lowest BCUT2D eigenvalue weighted by atomic mass is 9.88. The van der Waals surface area contributed by atoms with Gasteiger partial charge in [0.25, 0.3) is 11.5 Å². The monoisotopic (exact) mass is 746 g/mol. The predicted molar refractivity (Wildman–Crippen MR) is 173 cm³/mol. The van der Waals surface area contributed by atoms with E-state index in [0.717, 1.165) is 30.2 Å². The molecule has 0 radical (unpaired) electrons. The molecule has 0 bridgehead atoms. The molecule has 42 heavy (non-hydrogen) atoms. The van der Waals surface area contributed by atoms with Gasteiger partial charge in [0, 0.05) is 10.4 Å². The maximum absolute atomic E-state index is 13.9. The molecule has 4 aromatic rings. The highest BCUT2D eigenvalue weighted by Crippen LogP contribution is 2.35. The van der Waals surface area contributed by atoms with Crippen LogP contribution in [0.4, 0.5) is 10.1 Å². The largest absolute Gasteiger partial charge is 0.490 e. The summed E-state index contributed by atoms with van der Waals surface area (Å²) >= 11 is 5.56. The molecule has 1 aliphatic rings. The Morgan fingerprint density at radius 2 is 1.95 bits per heavy atom. The number of carbonyl (C=O) groups excluding carboxylic acids is 1. The summed E-state index contributed by atoms with van der Waals surface area (Å²) in [5.74, 6) is 0.599. The van der Waals surface area contributed by atoms with Crippen molar-refractivity contribution in [2.24, 2.45) is 5.10 Å². The number of nitrogens with one attached hydrogen (secondary N) is 1. The first kappa shape index (κ1) is 30.1. The molecular formula is C31H29BrFIN4O4. The van der Waals surface area contributed by atoms with Crippen molar-refractivity contribution in [2.45, 2.75) is 44.9 Å². The molecular weight excluding hydrogens is 718 g/mol. The first-order chi connectivity index (χ1) is 20.3. The van der Waals surface area contributed by atoms with Crippen LogP contribution in [0.15, 0.2) is 69.0 Å². The van der Waals surface area contributed by atoms with E-state index >= 15 is 0 Å². The lowest BCUT2D eigenvalue weighted by Gasteiger charge is -2.22. The second-order valence-electron chi connectivity index (χ2n) is 9.91. The lowest BCUT2D eigenvalue weighted by Crippen LogP contribution is -2.25. The molecule has 218 valence electrons. The zero-order chi connectivity index (χ0) is 29.6. The number of fused-ring (bicyclic) bond motifs is 1. The Balaban J connectivity index is 1.44.